The Balaban J connectivity index is 4.46. The summed E-state index contributed by atoms with van der Waals surface area (Å²) in [6, 6.07) is -0.696. The second-order valence-corrected chi connectivity index (χ2v) is 19.0. The summed E-state index contributed by atoms with van der Waals surface area (Å²) < 4.78 is 5.93. The van der Waals surface area contributed by atoms with Crippen LogP contribution in [0.5, 0.6) is 0 Å². The number of aliphatic hydroxyl groups is 2. The van der Waals surface area contributed by atoms with Gasteiger partial charge in [-0.25, -0.2) is 0 Å². The van der Waals surface area contributed by atoms with Gasteiger partial charge in [0.25, 0.3) is 0 Å². The molecule has 0 heterocycles. The van der Waals surface area contributed by atoms with Crippen molar-refractivity contribution in [3.8, 4) is 0 Å². The molecule has 6 heteroatoms. The lowest BCUT2D eigenvalue weighted by Gasteiger charge is -2.24. The molecule has 0 aliphatic rings. The maximum Gasteiger partial charge on any atom is 0.306 e. The Kier molecular flexibility index (Phi) is 48.5. The number of unbranched alkanes of at least 4 members (excludes halogenated alkanes) is 36. The number of allylic oxidation sites excluding steroid dienone is 2. The molecule has 6 nitrogen and oxygen atoms in total. The predicted octanol–water partition coefficient (Wildman–Crippen LogP) is 16.5. The molecule has 3 N–H and O–H groups in total. The molecular weight excluding hydrogens is 755 g/mol. The van der Waals surface area contributed by atoms with Crippen LogP contribution < -0.4 is 5.32 Å². The molecule has 0 fully saturated rings. The number of hydrogen-bond acceptors (Lipinski definition) is 5. The predicted molar refractivity (Wildman–Crippen MR) is 264 cm³/mol. The van der Waals surface area contributed by atoms with Crippen molar-refractivity contribution in [2.45, 2.75) is 322 Å². The fraction of sp³-hybridized carbons (Fsp3) is 0.927. The monoisotopic (exact) mass is 862 g/mol. The van der Waals surface area contributed by atoms with Gasteiger partial charge in [0.15, 0.2) is 0 Å². The molecule has 0 bridgehead atoms. The van der Waals surface area contributed by atoms with E-state index in [0.29, 0.717) is 19.3 Å². The third kappa shape index (κ3) is 45.0. The summed E-state index contributed by atoms with van der Waals surface area (Å²) in [4.78, 5) is 26.1. The summed E-state index contributed by atoms with van der Waals surface area (Å²) in [7, 11) is 0. The fourth-order valence-electron chi connectivity index (χ4n) is 8.67. The first kappa shape index (κ1) is 59.6. The van der Waals surface area contributed by atoms with E-state index < -0.39 is 18.2 Å². The number of ether oxygens (including phenoxy) is 1. The van der Waals surface area contributed by atoms with Gasteiger partial charge >= 0.3 is 5.97 Å². The average Bonchev–Trinajstić information content (AvgIpc) is 3.25. The zero-order valence-corrected chi connectivity index (χ0v) is 41.3. The highest BCUT2D eigenvalue weighted by Gasteiger charge is 2.24. The van der Waals surface area contributed by atoms with Gasteiger partial charge in [-0.05, 0) is 44.9 Å². The van der Waals surface area contributed by atoms with Gasteiger partial charge in [-0.1, -0.05) is 258 Å². The Bertz CT molecular complexity index is 924. The molecule has 0 aliphatic carbocycles. The van der Waals surface area contributed by atoms with Crippen molar-refractivity contribution in [3.63, 3.8) is 0 Å². The van der Waals surface area contributed by atoms with Gasteiger partial charge in [0.2, 0.25) is 5.91 Å². The van der Waals surface area contributed by atoms with E-state index in [1.807, 2.05) is 0 Å². The molecule has 362 valence electrons. The summed E-state index contributed by atoms with van der Waals surface area (Å²) in [6.07, 6.45) is 55.6. The van der Waals surface area contributed by atoms with Gasteiger partial charge < -0.3 is 20.3 Å². The molecule has 0 saturated carbocycles. The van der Waals surface area contributed by atoms with E-state index in [1.165, 1.54) is 199 Å². The zero-order chi connectivity index (χ0) is 44.5. The molecule has 3 atom stereocenters. The molecule has 0 radical (unpaired) electrons. The first-order valence-corrected chi connectivity index (χ1v) is 27.4. The molecule has 0 aliphatic heterocycles. The number of esters is 1. The van der Waals surface area contributed by atoms with Crippen molar-refractivity contribution in [2.75, 3.05) is 6.61 Å². The van der Waals surface area contributed by atoms with Crippen molar-refractivity contribution < 1.29 is 24.5 Å². The molecule has 0 saturated heterocycles. The van der Waals surface area contributed by atoms with Crippen molar-refractivity contribution >= 4 is 11.9 Å². The molecule has 0 aromatic rings. The number of rotatable bonds is 50. The van der Waals surface area contributed by atoms with Crippen molar-refractivity contribution in [3.05, 3.63) is 12.2 Å². The van der Waals surface area contributed by atoms with E-state index in [2.05, 4.69) is 38.2 Å². The topological polar surface area (TPSA) is 95.9 Å². The van der Waals surface area contributed by atoms with Gasteiger partial charge in [0.05, 0.1) is 25.2 Å². The van der Waals surface area contributed by atoms with E-state index in [-0.39, 0.29) is 24.9 Å². The highest BCUT2D eigenvalue weighted by Crippen LogP contribution is 2.19. The summed E-state index contributed by atoms with van der Waals surface area (Å²) in [5, 5.41) is 23.8. The van der Waals surface area contributed by atoms with Gasteiger partial charge in [-0.3, -0.25) is 9.59 Å². The lowest BCUT2D eigenvalue weighted by molar-refractivity contribution is -0.151. The van der Waals surface area contributed by atoms with Gasteiger partial charge in [0.1, 0.15) is 6.10 Å². The van der Waals surface area contributed by atoms with E-state index in [1.54, 1.807) is 0 Å². The molecule has 61 heavy (non-hydrogen) atoms. The summed E-state index contributed by atoms with van der Waals surface area (Å²) in [5.74, 6) is -0.466. The van der Waals surface area contributed by atoms with Crippen LogP contribution in [-0.2, 0) is 14.3 Å². The lowest BCUT2D eigenvalue weighted by Crippen LogP contribution is -2.46. The Morgan fingerprint density at radius 3 is 1.23 bits per heavy atom. The largest absolute Gasteiger partial charge is 0.462 e. The first-order chi connectivity index (χ1) is 30.0. The van der Waals surface area contributed by atoms with Crippen LogP contribution in [0.15, 0.2) is 12.2 Å². The van der Waals surface area contributed by atoms with Crippen molar-refractivity contribution in [2.24, 2.45) is 0 Å². The Morgan fingerprint density at radius 2 is 0.820 bits per heavy atom. The summed E-state index contributed by atoms with van der Waals surface area (Å²) >= 11 is 0. The van der Waals surface area contributed by atoms with Crippen LogP contribution in [-0.4, -0.2) is 46.9 Å². The minimum absolute atomic E-state index is 0.0816. The Labute approximate surface area is 380 Å². The number of carbonyl (C=O) groups excluding carboxylic acids is 2. The van der Waals surface area contributed by atoms with Gasteiger partial charge in [-0.15, -0.1) is 0 Å². The molecular formula is C55H107NO5. The van der Waals surface area contributed by atoms with Crippen LogP contribution in [0.25, 0.3) is 0 Å². The van der Waals surface area contributed by atoms with Crippen LogP contribution in [0.4, 0.5) is 0 Å². The third-order valence-corrected chi connectivity index (χ3v) is 12.8. The van der Waals surface area contributed by atoms with Gasteiger partial charge in [0, 0.05) is 6.42 Å². The molecule has 0 rings (SSSR count). The Morgan fingerprint density at radius 1 is 0.459 bits per heavy atom. The van der Waals surface area contributed by atoms with E-state index in [9.17, 15) is 19.8 Å². The van der Waals surface area contributed by atoms with E-state index >= 15 is 0 Å². The van der Waals surface area contributed by atoms with Crippen LogP contribution in [0.1, 0.15) is 303 Å². The smallest absolute Gasteiger partial charge is 0.306 e. The number of hydrogen-bond donors (Lipinski definition) is 3. The number of nitrogens with one attached hydrogen (secondary N) is 1. The maximum absolute atomic E-state index is 13.2. The van der Waals surface area contributed by atoms with Gasteiger partial charge in [-0.2, -0.15) is 0 Å². The molecule has 1 amide bonds. The highest BCUT2D eigenvalue weighted by molar-refractivity contribution is 5.77. The fourth-order valence-corrected chi connectivity index (χ4v) is 8.67. The van der Waals surface area contributed by atoms with E-state index in [0.717, 1.165) is 57.8 Å². The molecule has 0 aromatic heterocycles. The first-order valence-electron chi connectivity index (χ1n) is 27.4. The summed E-state index contributed by atoms with van der Waals surface area (Å²) in [6.45, 7) is 6.46. The van der Waals surface area contributed by atoms with Crippen molar-refractivity contribution in [1.29, 1.82) is 0 Å². The Hall–Kier alpha value is -1.40. The number of carbonyl (C=O) groups is 2. The SMILES string of the molecule is CCC/C=C\CCCCCCCC(=O)OC(CCCCCCCCCCCCCCCCCC)CC(=O)NC(CO)C(O)CCCCCCCCCCCCCCCCCC. The summed E-state index contributed by atoms with van der Waals surface area (Å²) in [5.41, 5.74) is 0. The van der Waals surface area contributed by atoms with Crippen molar-refractivity contribution in [1.82, 2.24) is 5.32 Å². The van der Waals surface area contributed by atoms with E-state index in [4.69, 9.17) is 4.74 Å². The minimum Gasteiger partial charge on any atom is -0.462 e. The van der Waals surface area contributed by atoms with Crippen LogP contribution in [0.3, 0.4) is 0 Å². The second kappa shape index (κ2) is 49.6. The quantitative estimate of drug-likeness (QED) is 0.0322. The average molecular weight is 862 g/mol. The highest BCUT2D eigenvalue weighted by atomic mass is 16.5. The number of amides is 1. The minimum atomic E-state index is -0.783. The lowest BCUT2D eigenvalue weighted by atomic mass is 10.0. The standard InChI is InChI=1S/C55H107NO5/c1-4-7-10-13-16-19-22-24-26-28-30-32-34-37-40-43-46-51(61-55(60)48-45-42-39-36-21-18-15-12-9-6-3)49-54(59)56-52(50-57)53(58)47-44-41-38-35-33-31-29-27-25-23-20-17-14-11-8-5-2/h12,15,51-53,57-58H,4-11,13-14,16-50H2,1-3H3,(H,56,59)/b15-12-. The van der Waals surface area contributed by atoms with Crippen LogP contribution in [0, 0.1) is 0 Å². The normalized spacial score (nSPS) is 13.2. The third-order valence-electron chi connectivity index (χ3n) is 12.8. The van der Waals surface area contributed by atoms with Crippen LogP contribution in [0.2, 0.25) is 0 Å². The zero-order valence-electron chi connectivity index (χ0n) is 41.3. The molecule has 0 aromatic carbocycles. The number of aliphatic hydroxyl groups excluding tert-OH is 2. The second-order valence-electron chi connectivity index (χ2n) is 19.0. The molecule has 3 unspecified atom stereocenters. The molecule has 0 spiro atoms. The maximum atomic E-state index is 13.2. The van der Waals surface area contributed by atoms with Crippen LogP contribution >= 0.6 is 0 Å².